The highest BCUT2D eigenvalue weighted by molar-refractivity contribution is 14.0. The molecule has 8 heteroatoms. The van der Waals surface area contributed by atoms with Gasteiger partial charge in [-0.2, -0.15) is 0 Å². The third-order valence-electron chi connectivity index (χ3n) is 4.05. The molecule has 2 aromatic heterocycles. The molecular formula is C19H24FIN4O2. The van der Waals surface area contributed by atoms with E-state index in [1.165, 1.54) is 12.3 Å². The lowest BCUT2D eigenvalue weighted by Gasteiger charge is -2.12. The number of benzene rings is 1. The van der Waals surface area contributed by atoms with Crippen LogP contribution in [0.15, 0.2) is 52.2 Å². The van der Waals surface area contributed by atoms with Gasteiger partial charge in [-0.1, -0.05) is 0 Å². The topological polar surface area (TPSA) is 85.6 Å². The van der Waals surface area contributed by atoms with Crippen LogP contribution in [0.2, 0.25) is 0 Å². The first-order chi connectivity index (χ1) is 12.7. The molecular weight excluding hydrogens is 462 g/mol. The van der Waals surface area contributed by atoms with Gasteiger partial charge in [0.05, 0.1) is 12.8 Å². The van der Waals surface area contributed by atoms with E-state index >= 15 is 0 Å². The number of H-pyrrole nitrogens is 1. The molecule has 0 saturated heterocycles. The Hall–Kier alpha value is -2.07. The van der Waals surface area contributed by atoms with Crippen molar-refractivity contribution >= 4 is 40.8 Å². The maximum absolute atomic E-state index is 13.4. The summed E-state index contributed by atoms with van der Waals surface area (Å²) in [6, 6.07) is 8.18. The maximum atomic E-state index is 13.4. The SMILES string of the molecule is CCNC(=NCC(O)c1ccco1)NCCc1c[nH]c2ccc(F)cc12.I. The third kappa shape index (κ3) is 5.70. The number of nitrogens with one attached hydrogen (secondary N) is 3. The molecule has 3 aromatic rings. The number of aromatic amines is 1. The van der Waals surface area contributed by atoms with Gasteiger partial charge in [-0.15, -0.1) is 24.0 Å². The molecule has 0 bridgehead atoms. The van der Waals surface area contributed by atoms with Crippen molar-refractivity contribution in [2.75, 3.05) is 19.6 Å². The zero-order chi connectivity index (χ0) is 18.4. The van der Waals surface area contributed by atoms with Crippen molar-refractivity contribution in [3.8, 4) is 0 Å². The second kappa shape index (κ2) is 10.3. The number of guanidine groups is 1. The van der Waals surface area contributed by atoms with E-state index in [-0.39, 0.29) is 36.3 Å². The normalized spacial score (nSPS) is 12.6. The van der Waals surface area contributed by atoms with Crippen molar-refractivity contribution in [1.29, 1.82) is 0 Å². The summed E-state index contributed by atoms with van der Waals surface area (Å²) in [5, 5.41) is 17.3. The van der Waals surface area contributed by atoms with E-state index in [0.29, 0.717) is 31.2 Å². The summed E-state index contributed by atoms with van der Waals surface area (Å²) in [7, 11) is 0. The minimum Gasteiger partial charge on any atom is -0.467 e. The van der Waals surface area contributed by atoms with Gasteiger partial charge in [0.25, 0.3) is 0 Å². The van der Waals surface area contributed by atoms with Gasteiger partial charge < -0.3 is 25.1 Å². The summed E-state index contributed by atoms with van der Waals surface area (Å²) in [5.74, 6) is 0.864. The summed E-state index contributed by atoms with van der Waals surface area (Å²) in [4.78, 5) is 7.53. The number of nitrogens with zero attached hydrogens (tertiary/aromatic N) is 1. The first kappa shape index (κ1) is 21.2. The first-order valence-corrected chi connectivity index (χ1v) is 8.66. The van der Waals surface area contributed by atoms with E-state index in [1.807, 2.05) is 13.1 Å². The van der Waals surface area contributed by atoms with E-state index in [1.54, 1.807) is 24.3 Å². The highest BCUT2D eigenvalue weighted by atomic mass is 127. The van der Waals surface area contributed by atoms with E-state index in [9.17, 15) is 9.50 Å². The maximum Gasteiger partial charge on any atom is 0.191 e. The van der Waals surface area contributed by atoms with E-state index in [0.717, 1.165) is 16.5 Å². The Labute approximate surface area is 174 Å². The average molecular weight is 486 g/mol. The zero-order valence-corrected chi connectivity index (χ0v) is 17.4. The van der Waals surface area contributed by atoms with Crippen LogP contribution in [0.5, 0.6) is 0 Å². The van der Waals surface area contributed by atoms with Gasteiger partial charge in [-0.05, 0) is 49.2 Å². The number of aliphatic hydroxyl groups excluding tert-OH is 1. The molecule has 0 radical (unpaired) electrons. The number of rotatable bonds is 7. The number of aliphatic hydroxyl groups is 1. The van der Waals surface area contributed by atoms with Crippen molar-refractivity contribution in [3.63, 3.8) is 0 Å². The zero-order valence-electron chi connectivity index (χ0n) is 15.0. The monoisotopic (exact) mass is 486 g/mol. The van der Waals surface area contributed by atoms with Crippen molar-refractivity contribution < 1.29 is 13.9 Å². The lowest BCUT2D eigenvalue weighted by Crippen LogP contribution is -2.38. The van der Waals surface area contributed by atoms with Crippen LogP contribution in [-0.4, -0.2) is 35.7 Å². The van der Waals surface area contributed by atoms with E-state index in [2.05, 4.69) is 20.6 Å². The van der Waals surface area contributed by atoms with Gasteiger partial charge >= 0.3 is 0 Å². The van der Waals surface area contributed by atoms with Crippen LogP contribution >= 0.6 is 24.0 Å². The minimum atomic E-state index is -0.781. The van der Waals surface area contributed by atoms with Crippen molar-refractivity contribution in [2.45, 2.75) is 19.4 Å². The van der Waals surface area contributed by atoms with Crippen molar-refractivity contribution in [3.05, 3.63) is 59.9 Å². The van der Waals surface area contributed by atoms with E-state index in [4.69, 9.17) is 4.42 Å². The lowest BCUT2D eigenvalue weighted by atomic mass is 10.1. The second-order valence-corrected chi connectivity index (χ2v) is 5.93. The molecule has 27 heavy (non-hydrogen) atoms. The molecule has 0 aliphatic carbocycles. The minimum absolute atomic E-state index is 0. The molecule has 0 fully saturated rings. The molecule has 0 saturated carbocycles. The van der Waals surface area contributed by atoms with Gasteiger partial charge in [0, 0.05) is 30.2 Å². The molecule has 1 unspecified atom stereocenters. The number of hydrogen-bond acceptors (Lipinski definition) is 3. The van der Waals surface area contributed by atoms with E-state index < -0.39 is 6.10 Å². The fraction of sp³-hybridized carbons (Fsp3) is 0.316. The van der Waals surface area contributed by atoms with Crippen LogP contribution < -0.4 is 10.6 Å². The molecule has 0 spiro atoms. The fourth-order valence-electron chi connectivity index (χ4n) is 2.76. The molecule has 1 aromatic carbocycles. The summed E-state index contributed by atoms with van der Waals surface area (Å²) in [5.41, 5.74) is 1.96. The van der Waals surface area contributed by atoms with Crippen LogP contribution in [0.3, 0.4) is 0 Å². The molecule has 0 aliphatic heterocycles. The summed E-state index contributed by atoms with van der Waals surface area (Å²) >= 11 is 0. The van der Waals surface area contributed by atoms with Crippen LogP contribution in [0, 0.1) is 5.82 Å². The number of hydrogen-bond donors (Lipinski definition) is 4. The lowest BCUT2D eigenvalue weighted by molar-refractivity contribution is 0.158. The average Bonchev–Trinajstić information content (AvgIpc) is 3.29. The van der Waals surface area contributed by atoms with Gasteiger partial charge in [0.2, 0.25) is 0 Å². The molecule has 2 heterocycles. The molecule has 3 rings (SSSR count). The standard InChI is InChI=1S/C19H23FN4O2.HI/c1-2-21-19(24-12-17(25)18-4-3-9-26-18)22-8-7-13-11-23-16-6-5-14(20)10-15(13)16;/h3-6,9-11,17,23,25H,2,7-8,12H2,1H3,(H2,21,22,24);1H. The van der Waals surface area contributed by atoms with Crippen molar-refractivity contribution in [1.82, 2.24) is 15.6 Å². The third-order valence-corrected chi connectivity index (χ3v) is 4.05. The molecule has 146 valence electrons. The van der Waals surface area contributed by atoms with Crippen LogP contribution in [0.25, 0.3) is 10.9 Å². The summed E-state index contributed by atoms with van der Waals surface area (Å²) in [6.45, 7) is 3.51. The van der Waals surface area contributed by atoms with Gasteiger partial charge in [-0.25, -0.2) is 4.39 Å². The van der Waals surface area contributed by atoms with Crippen LogP contribution in [0.4, 0.5) is 4.39 Å². The molecule has 0 amide bonds. The second-order valence-electron chi connectivity index (χ2n) is 5.93. The Morgan fingerprint density at radius 3 is 2.93 bits per heavy atom. The van der Waals surface area contributed by atoms with Gasteiger partial charge in [0.15, 0.2) is 5.96 Å². The van der Waals surface area contributed by atoms with Crippen LogP contribution in [-0.2, 0) is 6.42 Å². The van der Waals surface area contributed by atoms with Crippen molar-refractivity contribution in [2.24, 2.45) is 4.99 Å². The summed E-state index contributed by atoms with van der Waals surface area (Å²) in [6.07, 6.45) is 3.36. The largest absolute Gasteiger partial charge is 0.467 e. The van der Waals surface area contributed by atoms with Gasteiger partial charge in [0.1, 0.15) is 17.7 Å². The predicted octanol–water partition coefficient (Wildman–Crippen LogP) is 3.35. The predicted molar refractivity (Wildman–Crippen MR) is 115 cm³/mol. The highest BCUT2D eigenvalue weighted by Crippen LogP contribution is 2.19. The Balaban J connectivity index is 0.00000261. The number of furan rings is 1. The Bertz CT molecular complexity index is 864. The number of halogens is 2. The molecule has 6 nitrogen and oxygen atoms in total. The highest BCUT2D eigenvalue weighted by Gasteiger charge is 2.10. The fourth-order valence-corrected chi connectivity index (χ4v) is 2.76. The summed E-state index contributed by atoms with van der Waals surface area (Å²) < 4.78 is 18.6. The van der Waals surface area contributed by atoms with Crippen LogP contribution in [0.1, 0.15) is 24.4 Å². The Kier molecular flexibility index (Phi) is 8.11. The molecule has 0 aliphatic rings. The molecule has 4 N–H and O–H groups in total. The van der Waals surface area contributed by atoms with Gasteiger partial charge in [-0.3, -0.25) is 4.99 Å². The first-order valence-electron chi connectivity index (χ1n) is 8.66. The number of aliphatic imine (C=N–C) groups is 1. The Morgan fingerprint density at radius 2 is 2.19 bits per heavy atom. The number of aromatic nitrogens is 1. The molecule has 1 atom stereocenters. The smallest absolute Gasteiger partial charge is 0.191 e. The number of fused-ring (bicyclic) bond motifs is 1. The quantitative estimate of drug-likeness (QED) is 0.235. The Morgan fingerprint density at radius 1 is 1.33 bits per heavy atom.